The third-order valence-corrected chi connectivity index (χ3v) is 3.30. The number of rotatable bonds is 3. The first-order valence-electron chi connectivity index (χ1n) is 5.60. The minimum Gasteiger partial charge on any atom is -0.294 e. The summed E-state index contributed by atoms with van der Waals surface area (Å²) in [5, 5.41) is 0. The summed E-state index contributed by atoms with van der Waals surface area (Å²) in [4.78, 5) is 12.0. The zero-order chi connectivity index (χ0) is 13.1. The maximum absolute atomic E-state index is 13.4. The highest BCUT2D eigenvalue weighted by Crippen LogP contribution is 2.14. The van der Waals surface area contributed by atoms with Gasteiger partial charge in [0, 0.05) is 16.5 Å². The molecule has 2 aromatic carbocycles. The van der Waals surface area contributed by atoms with Gasteiger partial charge < -0.3 is 0 Å². The summed E-state index contributed by atoms with van der Waals surface area (Å²) >= 11 is 3.34. The lowest BCUT2D eigenvalue weighted by Crippen LogP contribution is -2.04. The average molecular weight is 307 g/mol. The number of aryl methyl sites for hydroxylation is 1. The molecule has 2 aromatic rings. The highest BCUT2D eigenvalue weighted by molar-refractivity contribution is 9.10. The maximum Gasteiger partial charge on any atom is 0.167 e. The van der Waals surface area contributed by atoms with Crippen molar-refractivity contribution in [3.63, 3.8) is 0 Å². The van der Waals surface area contributed by atoms with Crippen molar-refractivity contribution >= 4 is 21.7 Å². The molecule has 0 amide bonds. The van der Waals surface area contributed by atoms with Crippen LogP contribution in [0.2, 0.25) is 0 Å². The predicted molar refractivity (Wildman–Crippen MR) is 73.3 cm³/mol. The molecule has 0 aliphatic heterocycles. The van der Waals surface area contributed by atoms with Crippen LogP contribution in [-0.4, -0.2) is 5.78 Å². The van der Waals surface area contributed by atoms with Crippen molar-refractivity contribution in [1.29, 1.82) is 0 Å². The van der Waals surface area contributed by atoms with Gasteiger partial charge in [-0.15, -0.1) is 0 Å². The van der Waals surface area contributed by atoms with Crippen molar-refractivity contribution in [1.82, 2.24) is 0 Å². The molecule has 0 radical (unpaired) electrons. The van der Waals surface area contributed by atoms with Gasteiger partial charge in [-0.2, -0.15) is 0 Å². The van der Waals surface area contributed by atoms with Gasteiger partial charge >= 0.3 is 0 Å². The van der Waals surface area contributed by atoms with Gasteiger partial charge in [-0.25, -0.2) is 4.39 Å². The SMILES string of the molecule is Cc1ccc(C(=O)Cc2ccc(Br)cc2)cc1F. The van der Waals surface area contributed by atoms with Gasteiger partial charge in [0.05, 0.1) is 0 Å². The van der Waals surface area contributed by atoms with Crippen LogP contribution < -0.4 is 0 Å². The van der Waals surface area contributed by atoms with Crippen molar-refractivity contribution in [3.8, 4) is 0 Å². The Morgan fingerprint density at radius 1 is 1.17 bits per heavy atom. The molecule has 1 nitrogen and oxygen atoms in total. The summed E-state index contributed by atoms with van der Waals surface area (Å²) in [7, 11) is 0. The molecular formula is C15H12BrFO. The third kappa shape index (κ3) is 3.05. The van der Waals surface area contributed by atoms with E-state index in [4.69, 9.17) is 0 Å². The molecule has 0 saturated heterocycles. The lowest BCUT2D eigenvalue weighted by atomic mass is 10.0. The predicted octanol–water partition coefficient (Wildman–Crippen LogP) is 4.32. The van der Waals surface area contributed by atoms with Gasteiger partial charge in [-0.3, -0.25) is 4.79 Å². The highest BCUT2D eigenvalue weighted by Gasteiger charge is 2.09. The second-order valence-corrected chi connectivity index (χ2v) is 5.11. The molecule has 0 aliphatic carbocycles. The van der Waals surface area contributed by atoms with E-state index in [2.05, 4.69) is 15.9 Å². The Labute approximate surface area is 114 Å². The van der Waals surface area contributed by atoms with E-state index in [1.807, 2.05) is 24.3 Å². The summed E-state index contributed by atoms with van der Waals surface area (Å²) in [6.45, 7) is 1.68. The largest absolute Gasteiger partial charge is 0.294 e. The van der Waals surface area contributed by atoms with E-state index in [1.165, 1.54) is 6.07 Å². The van der Waals surface area contributed by atoms with Gasteiger partial charge in [0.2, 0.25) is 0 Å². The average Bonchev–Trinajstić information content (AvgIpc) is 2.35. The van der Waals surface area contributed by atoms with E-state index in [1.54, 1.807) is 19.1 Å². The molecule has 0 saturated carbocycles. The van der Waals surface area contributed by atoms with Crippen molar-refractivity contribution < 1.29 is 9.18 Å². The molecular weight excluding hydrogens is 295 g/mol. The number of Topliss-reactive ketones (excluding diaryl/α,β-unsaturated/α-hetero) is 1. The summed E-state index contributed by atoms with van der Waals surface area (Å²) in [6.07, 6.45) is 0.287. The van der Waals surface area contributed by atoms with Crippen molar-refractivity contribution in [3.05, 3.63) is 69.4 Å². The van der Waals surface area contributed by atoms with Gasteiger partial charge in [0.25, 0.3) is 0 Å². The lowest BCUT2D eigenvalue weighted by molar-refractivity contribution is 0.0992. The van der Waals surface area contributed by atoms with Crippen molar-refractivity contribution in [2.75, 3.05) is 0 Å². The molecule has 0 atom stereocenters. The fourth-order valence-electron chi connectivity index (χ4n) is 1.66. The molecule has 0 aliphatic rings. The summed E-state index contributed by atoms with van der Waals surface area (Å²) in [5.41, 5.74) is 1.89. The molecule has 0 unspecified atom stereocenters. The third-order valence-electron chi connectivity index (χ3n) is 2.77. The second kappa shape index (κ2) is 5.44. The maximum atomic E-state index is 13.4. The van der Waals surface area contributed by atoms with Crippen LogP contribution >= 0.6 is 15.9 Å². The van der Waals surface area contributed by atoms with E-state index >= 15 is 0 Å². The summed E-state index contributed by atoms with van der Waals surface area (Å²) < 4.78 is 14.3. The van der Waals surface area contributed by atoms with Crippen LogP contribution in [0.3, 0.4) is 0 Å². The Morgan fingerprint density at radius 2 is 1.83 bits per heavy atom. The molecule has 18 heavy (non-hydrogen) atoms. The molecule has 0 fully saturated rings. The first-order chi connectivity index (χ1) is 8.56. The number of carbonyl (C=O) groups is 1. The number of hydrogen-bond donors (Lipinski definition) is 0. The Kier molecular flexibility index (Phi) is 3.92. The number of ketones is 1. The Hall–Kier alpha value is -1.48. The first kappa shape index (κ1) is 13.0. The van der Waals surface area contributed by atoms with E-state index in [-0.39, 0.29) is 18.0 Å². The first-order valence-corrected chi connectivity index (χ1v) is 6.39. The fourth-order valence-corrected chi connectivity index (χ4v) is 1.92. The van der Waals surface area contributed by atoms with E-state index in [9.17, 15) is 9.18 Å². The molecule has 92 valence electrons. The zero-order valence-electron chi connectivity index (χ0n) is 9.91. The molecule has 3 heteroatoms. The van der Waals surface area contributed by atoms with E-state index < -0.39 is 0 Å². The monoisotopic (exact) mass is 306 g/mol. The topological polar surface area (TPSA) is 17.1 Å². The minimum absolute atomic E-state index is 0.0729. The van der Waals surface area contributed by atoms with Crippen LogP contribution in [0.5, 0.6) is 0 Å². The highest BCUT2D eigenvalue weighted by atomic mass is 79.9. The van der Waals surface area contributed by atoms with Gasteiger partial charge in [0.15, 0.2) is 5.78 Å². The van der Waals surface area contributed by atoms with Crippen LogP contribution in [0.1, 0.15) is 21.5 Å². The van der Waals surface area contributed by atoms with E-state index in [0.717, 1.165) is 10.0 Å². The fraction of sp³-hybridized carbons (Fsp3) is 0.133. The summed E-state index contributed by atoms with van der Waals surface area (Å²) in [6, 6.07) is 12.1. The smallest absolute Gasteiger partial charge is 0.167 e. The second-order valence-electron chi connectivity index (χ2n) is 4.19. The zero-order valence-corrected chi connectivity index (χ0v) is 11.5. The molecule has 0 heterocycles. The molecule has 2 rings (SSSR count). The number of hydrogen-bond acceptors (Lipinski definition) is 1. The normalized spacial score (nSPS) is 10.4. The van der Waals surface area contributed by atoms with Crippen LogP contribution in [0.4, 0.5) is 4.39 Å². The Bertz CT molecular complexity index is 576. The number of carbonyl (C=O) groups excluding carboxylic acids is 1. The van der Waals surface area contributed by atoms with Crippen LogP contribution in [0, 0.1) is 12.7 Å². The van der Waals surface area contributed by atoms with Crippen molar-refractivity contribution in [2.45, 2.75) is 13.3 Å². The number of benzene rings is 2. The van der Waals surface area contributed by atoms with Crippen LogP contribution in [-0.2, 0) is 6.42 Å². The van der Waals surface area contributed by atoms with Crippen LogP contribution in [0.25, 0.3) is 0 Å². The lowest BCUT2D eigenvalue weighted by Gasteiger charge is -2.03. The quantitative estimate of drug-likeness (QED) is 0.772. The summed E-state index contributed by atoms with van der Waals surface area (Å²) in [5.74, 6) is -0.409. The molecule has 0 aromatic heterocycles. The Balaban J connectivity index is 2.16. The van der Waals surface area contributed by atoms with E-state index in [0.29, 0.717) is 11.1 Å². The number of halogens is 2. The molecule has 0 spiro atoms. The standard InChI is InChI=1S/C15H12BrFO/c1-10-2-5-12(9-14(10)17)15(18)8-11-3-6-13(16)7-4-11/h2-7,9H,8H2,1H3. The molecule has 0 bridgehead atoms. The van der Waals surface area contributed by atoms with Crippen molar-refractivity contribution in [2.24, 2.45) is 0 Å². The van der Waals surface area contributed by atoms with Gasteiger partial charge in [-0.1, -0.05) is 40.2 Å². The molecule has 0 N–H and O–H groups in total. The van der Waals surface area contributed by atoms with Gasteiger partial charge in [0.1, 0.15) is 5.82 Å². The van der Waals surface area contributed by atoms with Gasteiger partial charge in [-0.05, 0) is 36.2 Å². The minimum atomic E-state index is -0.336. The van der Waals surface area contributed by atoms with Crippen LogP contribution in [0.15, 0.2) is 46.9 Å². The Morgan fingerprint density at radius 3 is 2.44 bits per heavy atom.